The highest BCUT2D eigenvalue weighted by Crippen LogP contribution is 2.32. The second-order valence-corrected chi connectivity index (χ2v) is 3.44. The van der Waals surface area contributed by atoms with Crippen LogP contribution < -0.4 is 5.90 Å². The monoisotopic (exact) mass is 143 g/mol. The maximum atomic E-state index is 4.94. The third-order valence-corrected chi connectivity index (χ3v) is 2.45. The molecule has 0 aromatic rings. The van der Waals surface area contributed by atoms with Crippen LogP contribution in [0.25, 0.3) is 0 Å². The fourth-order valence-electron chi connectivity index (χ4n) is 1.82. The summed E-state index contributed by atoms with van der Waals surface area (Å²) in [4.78, 5) is 4.54. The summed E-state index contributed by atoms with van der Waals surface area (Å²) < 4.78 is 0. The Morgan fingerprint density at radius 1 is 1.50 bits per heavy atom. The maximum Gasteiger partial charge on any atom is 0.0681 e. The van der Waals surface area contributed by atoms with E-state index in [1.807, 2.05) is 0 Å². The van der Waals surface area contributed by atoms with Gasteiger partial charge in [-0.05, 0) is 24.7 Å². The Morgan fingerprint density at radius 3 is 2.80 bits per heavy atom. The first-order valence-corrected chi connectivity index (χ1v) is 4.14. The van der Waals surface area contributed by atoms with Crippen LogP contribution in [0, 0.1) is 11.8 Å². The fraction of sp³-hybridized carbons (Fsp3) is 1.00. The minimum Gasteiger partial charge on any atom is -0.305 e. The maximum absolute atomic E-state index is 4.94. The molecule has 2 atom stereocenters. The Balaban J connectivity index is 2.06. The molecule has 2 N–H and O–H groups in total. The smallest absolute Gasteiger partial charge is 0.0681 e. The van der Waals surface area contributed by atoms with E-state index in [9.17, 15) is 0 Å². The van der Waals surface area contributed by atoms with Crippen molar-refractivity contribution in [3.63, 3.8) is 0 Å². The number of nitrogens with two attached hydrogens (primary N) is 1. The van der Waals surface area contributed by atoms with Gasteiger partial charge in [0.15, 0.2) is 0 Å². The normalized spacial score (nSPS) is 33.0. The highest BCUT2D eigenvalue weighted by atomic mass is 16.6. The van der Waals surface area contributed by atoms with Gasteiger partial charge in [0, 0.05) is 0 Å². The van der Waals surface area contributed by atoms with Crippen LogP contribution in [-0.2, 0) is 4.84 Å². The van der Waals surface area contributed by atoms with E-state index >= 15 is 0 Å². The van der Waals surface area contributed by atoms with E-state index in [2.05, 4.69) is 11.8 Å². The SMILES string of the molecule is CC1CCC(CCON)C1. The van der Waals surface area contributed by atoms with Gasteiger partial charge in [-0.2, -0.15) is 0 Å². The third-order valence-electron chi connectivity index (χ3n) is 2.45. The van der Waals surface area contributed by atoms with Crippen LogP contribution in [-0.4, -0.2) is 6.61 Å². The second kappa shape index (κ2) is 3.94. The van der Waals surface area contributed by atoms with Gasteiger partial charge in [0.25, 0.3) is 0 Å². The largest absolute Gasteiger partial charge is 0.305 e. The molecule has 1 aliphatic rings. The topological polar surface area (TPSA) is 35.2 Å². The number of hydrogen-bond donors (Lipinski definition) is 1. The molecule has 1 rings (SSSR count). The van der Waals surface area contributed by atoms with Gasteiger partial charge < -0.3 is 4.84 Å². The Hall–Kier alpha value is -0.0800. The summed E-state index contributed by atoms with van der Waals surface area (Å²) in [6.07, 6.45) is 5.31. The minimum absolute atomic E-state index is 0.734. The van der Waals surface area contributed by atoms with Crippen molar-refractivity contribution >= 4 is 0 Å². The molecule has 0 bridgehead atoms. The molecule has 0 saturated heterocycles. The molecule has 1 saturated carbocycles. The summed E-state index contributed by atoms with van der Waals surface area (Å²) in [5.74, 6) is 6.76. The summed E-state index contributed by atoms with van der Waals surface area (Å²) in [5.41, 5.74) is 0. The van der Waals surface area contributed by atoms with E-state index in [4.69, 9.17) is 5.90 Å². The van der Waals surface area contributed by atoms with E-state index in [1.54, 1.807) is 0 Å². The van der Waals surface area contributed by atoms with Crippen molar-refractivity contribution in [2.75, 3.05) is 6.61 Å². The van der Waals surface area contributed by atoms with Crippen molar-refractivity contribution in [2.45, 2.75) is 32.6 Å². The standard InChI is InChI=1S/C8H17NO/c1-7-2-3-8(6-7)4-5-10-9/h7-8H,2-6,9H2,1H3. The zero-order chi connectivity index (χ0) is 7.40. The predicted octanol–water partition coefficient (Wildman–Crippen LogP) is 1.70. The van der Waals surface area contributed by atoms with Gasteiger partial charge in [-0.25, -0.2) is 5.90 Å². The van der Waals surface area contributed by atoms with Gasteiger partial charge in [0.1, 0.15) is 0 Å². The highest BCUT2D eigenvalue weighted by Gasteiger charge is 2.20. The van der Waals surface area contributed by atoms with Crippen LogP contribution in [0.15, 0.2) is 0 Å². The molecule has 0 amide bonds. The van der Waals surface area contributed by atoms with Gasteiger partial charge in [0.2, 0.25) is 0 Å². The van der Waals surface area contributed by atoms with Gasteiger partial charge >= 0.3 is 0 Å². The minimum atomic E-state index is 0.734. The molecule has 2 unspecified atom stereocenters. The van der Waals surface area contributed by atoms with Crippen molar-refractivity contribution in [3.05, 3.63) is 0 Å². The molecule has 1 aliphatic carbocycles. The van der Waals surface area contributed by atoms with E-state index < -0.39 is 0 Å². The third kappa shape index (κ3) is 2.27. The average molecular weight is 143 g/mol. The van der Waals surface area contributed by atoms with E-state index in [0.717, 1.165) is 24.9 Å². The van der Waals surface area contributed by atoms with Gasteiger partial charge in [-0.15, -0.1) is 0 Å². The van der Waals surface area contributed by atoms with E-state index in [1.165, 1.54) is 19.3 Å². The lowest BCUT2D eigenvalue weighted by Gasteiger charge is -2.06. The lowest BCUT2D eigenvalue weighted by molar-refractivity contribution is 0.123. The molecule has 0 aliphatic heterocycles. The molecule has 0 aromatic carbocycles. The summed E-state index contributed by atoms with van der Waals surface area (Å²) in [6.45, 7) is 3.06. The molecular formula is C8H17NO. The van der Waals surface area contributed by atoms with Crippen LogP contribution in [0.3, 0.4) is 0 Å². The molecule has 0 radical (unpaired) electrons. The van der Waals surface area contributed by atoms with Crippen molar-refractivity contribution < 1.29 is 4.84 Å². The molecule has 0 heterocycles. The Labute approximate surface area is 62.7 Å². The molecule has 10 heavy (non-hydrogen) atoms. The number of hydrogen-bond acceptors (Lipinski definition) is 2. The van der Waals surface area contributed by atoms with Gasteiger partial charge in [-0.1, -0.05) is 19.8 Å². The Kier molecular flexibility index (Phi) is 3.16. The van der Waals surface area contributed by atoms with Crippen LogP contribution in [0.5, 0.6) is 0 Å². The van der Waals surface area contributed by atoms with Crippen LogP contribution in [0.4, 0.5) is 0 Å². The van der Waals surface area contributed by atoms with Crippen LogP contribution in [0.1, 0.15) is 32.6 Å². The molecule has 1 fully saturated rings. The zero-order valence-corrected chi connectivity index (χ0v) is 6.68. The molecule has 0 spiro atoms. The summed E-state index contributed by atoms with van der Waals surface area (Å²) in [7, 11) is 0. The van der Waals surface area contributed by atoms with Crippen molar-refractivity contribution in [1.29, 1.82) is 0 Å². The molecular weight excluding hydrogens is 126 g/mol. The Bertz CT molecular complexity index is 95.3. The van der Waals surface area contributed by atoms with Crippen molar-refractivity contribution in [3.8, 4) is 0 Å². The average Bonchev–Trinajstić information content (AvgIpc) is 2.31. The molecule has 2 nitrogen and oxygen atoms in total. The lowest BCUT2D eigenvalue weighted by Crippen LogP contribution is -2.05. The molecule has 60 valence electrons. The van der Waals surface area contributed by atoms with Crippen molar-refractivity contribution in [1.82, 2.24) is 0 Å². The quantitative estimate of drug-likeness (QED) is 0.610. The highest BCUT2D eigenvalue weighted by molar-refractivity contribution is 4.72. The summed E-state index contributed by atoms with van der Waals surface area (Å²) >= 11 is 0. The van der Waals surface area contributed by atoms with E-state index in [0.29, 0.717) is 0 Å². The predicted molar refractivity (Wildman–Crippen MR) is 41.3 cm³/mol. The van der Waals surface area contributed by atoms with Crippen LogP contribution in [0.2, 0.25) is 0 Å². The first-order valence-electron chi connectivity index (χ1n) is 4.14. The first kappa shape index (κ1) is 8.02. The first-order chi connectivity index (χ1) is 4.83. The van der Waals surface area contributed by atoms with Gasteiger partial charge in [0.05, 0.1) is 6.61 Å². The van der Waals surface area contributed by atoms with E-state index in [-0.39, 0.29) is 0 Å². The van der Waals surface area contributed by atoms with Crippen molar-refractivity contribution in [2.24, 2.45) is 17.7 Å². The molecule has 2 heteroatoms. The lowest BCUT2D eigenvalue weighted by atomic mass is 10.0. The Morgan fingerprint density at radius 2 is 2.30 bits per heavy atom. The fourth-order valence-corrected chi connectivity index (χ4v) is 1.82. The number of rotatable bonds is 3. The van der Waals surface area contributed by atoms with Crippen LogP contribution >= 0.6 is 0 Å². The second-order valence-electron chi connectivity index (χ2n) is 3.44. The zero-order valence-electron chi connectivity index (χ0n) is 6.68. The summed E-state index contributed by atoms with van der Waals surface area (Å²) in [6, 6.07) is 0. The molecule has 0 aromatic heterocycles. The summed E-state index contributed by atoms with van der Waals surface area (Å²) in [5, 5.41) is 0. The van der Waals surface area contributed by atoms with Gasteiger partial charge in [-0.3, -0.25) is 0 Å².